The van der Waals surface area contributed by atoms with Gasteiger partial charge in [-0.2, -0.15) is 0 Å². The SMILES string of the molecule is Cl.O=C(CCC1CCNC1)NCC(O)c1cc2ccccc2s1. The van der Waals surface area contributed by atoms with Crippen molar-refractivity contribution in [2.45, 2.75) is 25.4 Å². The number of benzene rings is 1. The number of hydrogen-bond acceptors (Lipinski definition) is 4. The third-order valence-corrected chi connectivity index (χ3v) is 5.42. The minimum absolute atomic E-state index is 0. The Morgan fingerprint density at radius 2 is 2.26 bits per heavy atom. The first-order chi connectivity index (χ1) is 10.7. The molecule has 0 saturated carbocycles. The molecule has 1 aliphatic rings. The van der Waals surface area contributed by atoms with Gasteiger partial charge in [0.2, 0.25) is 5.91 Å². The minimum atomic E-state index is -0.630. The van der Waals surface area contributed by atoms with Gasteiger partial charge in [-0.05, 0) is 49.4 Å². The second-order valence-corrected chi connectivity index (χ2v) is 7.02. The van der Waals surface area contributed by atoms with Crippen molar-refractivity contribution in [3.8, 4) is 0 Å². The van der Waals surface area contributed by atoms with Crippen LogP contribution in [0.15, 0.2) is 30.3 Å². The van der Waals surface area contributed by atoms with Gasteiger partial charge in [0.1, 0.15) is 6.10 Å². The van der Waals surface area contributed by atoms with Crippen LogP contribution in [0.25, 0.3) is 10.1 Å². The van der Waals surface area contributed by atoms with Crippen molar-refractivity contribution in [2.24, 2.45) is 5.92 Å². The zero-order valence-corrected chi connectivity index (χ0v) is 14.6. The molecule has 4 nitrogen and oxygen atoms in total. The van der Waals surface area contributed by atoms with Crippen LogP contribution in [0.2, 0.25) is 0 Å². The Labute approximate surface area is 146 Å². The van der Waals surface area contributed by atoms with Crippen LogP contribution in [0, 0.1) is 5.92 Å². The van der Waals surface area contributed by atoms with Crippen molar-refractivity contribution >= 4 is 39.7 Å². The van der Waals surface area contributed by atoms with Crippen molar-refractivity contribution in [3.05, 3.63) is 35.2 Å². The monoisotopic (exact) mass is 354 g/mol. The van der Waals surface area contributed by atoms with Crippen molar-refractivity contribution in [3.63, 3.8) is 0 Å². The van der Waals surface area contributed by atoms with Gasteiger partial charge in [0.05, 0.1) is 0 Å². The fourth-order valence-electron chi connectivity index (χ4n) is 2.86. The molecule has 1 saturated heterocycles. The van der Waals surface area contributed by atoms with Crippen LogP contribution in [0.3, 0.4) is 0 Å². The number of rotatable bonds is 6. The summed E-state index contributed by atoms with van der Waals surface area (Å²) in [6.45, 7) is 2.38. The van der Waals surface area contributed by atoms with Gasteiger partial charge in [0.25, 0.3) is 0 Å². The molecular weight excluding hydrogens is 332 g/mol. The summed E-state index contributed by atoms with van der Waals surface area (Å²) in [7, 11) is 0. The average Bonchev–Trinajstić information content (AvgIpc) is 3.19. The van der Waals surface area contributed by atoms with Crippen LogP contribution < -0.4 is 10.6 Å². The molecule has 126 valence electrons. The highest BCUT2D eigenvalue weighted by molar-refractivity contribution is 7.19. The summed E-state index contributed by atoms with van der Waals surface area (Å²) in [5.74, 6) is 0.658. The molecule has 3 rings (SSSR count). The molecule has 6 heteroatoms. The van der Waals surface area contributed by atoms with E-state index in [-0.39, 0.29) is 24.9 Å². The molecule has 23 heavy (non-hydrogen) atoms. The van der Waals surface area contributed by atoms with Gasteiger partial charge in [-0.15, -0.1) is 23.7 Å². The molecule has 0 bridgehead atoms. The van der Waals surface area contributed by atoms with Crippen LogP contribution >= 0.6 is 23.7 Å². The second-order valence-electron chi connectivity index (χ2n) is 5.90. The van der Waals surface area contributed by atoms with E-state index in [1.54, 1.807) is 11.3 Å². The number of carbonyl (C=O) groups is 1. The first-order valence-corrected chi connectivity index (χ1v) is 8.68. The van der Waals surface area contributed by atoms with Gasteiger partial charge in [0, 0.05) is 22.5 Å². The van der Waals surface area contributed by atoms with E-state index in [0.29, 0.717) is 12.3 Å². The summed E-state index contributed by atoms with van der Waals surface area (Å²) in [5.41, 5.74) is 0. The first-order valence-electron chi connectivity index (χ1n) is 7.86. The van der Waals surface area contributed by atoms with Crippen molar-refractivity contribution < 1.29 is 9.90 Å². The average molecular weight is 355 g/mol. The molecule has 3 N–H and O–H groups in total. The molecular formula is C17H23ClN2O2S. The number of thiophene rings is 1. The smallest absolute Gasteiger partial charge is 0.220 e. The van der Waals surface area contributed by atoms with Crippen molar-refractivity contribution in [1.29, 1.82) is 0 Å². The standard InChI is InChI=1S/C17H22N2O2S.ClH/c20-14(16-9-13-3-1-2-4-15(13)22-16)11-19-17(21)6-5-12-7-8-18-10-12;/h1-4,9,12,14,18,20H,5-8,10-11H2,(H,19,21);1H. The predicted molar refractivity (Wildman–Crippen MR) is 97.3 cm³/mol. The lowest BCUT2D eigenvalue weighted by Gasteiger charge is -2.11. The predicted octanol–water partition coefficient (Wildman–Crippen LogP) is 2.86. The normalized spacial score (nSPS) is 18.6. The zero-order chi connectivity index (χ0) is 15.4. The van der Waals surface area contributed by atoms with Crippen LogP contribution in [0.1, 0.15) is 30.2 Å². The number of fused-ring (bicyclic) bond motifs is 1. The molecule has 2 heterocycles. The fraction of sp³-hybridized carbons (Fsp3) is 0.471. The second kappa shape index (κ2) is 8.64. The van der Waals surface area contributed by atoms with Crippen molar-refractivity contribution in [1.82, 2.24) is 10.6 Å². The van der Waals surface area contributed by atoms with Gasteiger partial charge in [-0.3, -0.25) is 4.79 Å². The lowest BCUT2D eigenvalue weighted by atomic mass is 10.0. The summed E-state index contributed by atoms with van der Waals surface area (Å²) in [5, 5.41) is 17.5. The molecule has 1 aromatic heterocycles. The summed E-state index contributed by atoms with van der Waals surface area (Å²) in [6.07, 6.45) is 2.01. The summed E-state index contributed by atoms with van der Waals surface area (Å²) in [6, 6.07) is 10.1. The molecule has 0 radical (unpaired) electrons. The number of carbonyl (C=O) groups excluding carboxylic acids is 1. The number of nitrogens with one attached hydrogen (secondary N) is 2. The Bertz CT molecular complexity index is 607. The summed E-state index contributed by atoms with van der Waals surface area (Å²) < 4.78 is 1.16. The highest BCUT2D eigenvalue weighted by Gasteiger charge is 2.17. The van der Waals surface area contributed by atoms with Crippen LogP contribution in [-0.4, -0.2) is 30.6 Å². The fourth-order valence-corrected chi connectivity index (χ4v) is 3.91. The van der Waals surface area contributed by atoms with E-state index in [4.69, 9.17) is 0 Å². The highest BCUT2D eigenvalue weighted by Crippen LogP contribution is 2.29. The molecule has 0 spiro atoms. The molecule has 0 aliphatic carbocycles. The Hall–Kier alpha value is -1.14. The Morgan fingerprint density at radius 3 is 3.00 bits per heavy atom. The van der Waals surface area contributed by atoms with Crippen LogP contribution in [-0.2, 0) is 4.79 Å². The third-order valence-electron chi connectivity index (χ3n) is 4.21. The van der Waals surface area contributed by atoms with Gasteiger partial charge >= 0.3 is 0 Å². The van der Waals surface area contributed by atoms with E-state index in [9.17, 15) is 9.90 Å². The lowest BCUT2D eigenvalue weighted by Crippen LogP contribution is -2.28. The summed E-state index contributed by atoms with van der Waals surface area (Å²) in [4.78, 5) is 12.8. The molecule has 1 aromatic carbocycles. The summed E-state index contributed by atoms with van der Waals surface area (Å²) >= 11 is 1.58. The maximum absolute atomic E-state index is 11.9. The van der Waals surface area contributed by atoms with Gasteiger partial charge in [0.15, 0.2) is 0 Å². The molecule has 2 unspecified atom stereocenters. The van der Waals surface area contributed by atoms with E-state index in [0.717, 1.165) is 40.9 Å². The van der Waals surface area contributed by atoms with Gasteiger partial charge in [-0.25, -0.2) is 0 Å². The molecule has 1 aliphatic heterocycles. The molecule has 1 amide bonds. The third kappa shape index (κ3) is 4.91. The van der Waals surface area contributed by atoms with E-state index in [1.165, 1.54) is 0 Å². The number of aliphatic hydroxyl groups excluding tert-OH is 1. The van der Waals surface area contributed by atoms with Crippen LogP contribution in [0.5, 0.6) is 0 Å². The van der Waals surface area contributed by atoms with E-state index >= 15 is 0 Å². The number of hydrogen-bond donors (Lipinski definition) is 3. The number of amides is 1. The molecule has 1 fully saturated rings. The van der Waals surface area contributed by atoms with Gasteiger partial charge in [-0.1, -0.05) is 18.2 Å². The van der Waals surface area contributed by atoms with E-state index in [2.05, 4.69) is 10.6 Å². The van der Waals surface area contributed by atoms with Crippen LogP contribution in [0.4, 0.5) is 0 Å². The molecule has 2 atom stereocenters. The largest absolute Gasteiger partial charge is 0.386 e. The minimum Gasteiger partial charge on any atom is -0.386 e. The Balaban J connectivity index is 0.00000192. The number of aliphatic hydroxyl groups is 1. The van der Waals surface area contributed by atoms with E-state index < -0.39 is 6.10 Å². The quantitative estimate of drug-likeness (QED) is 0.747. The molecule has 2 aromatic rings. The maximum Gasteiger partial charge on any atom is 0.220 e. The van der Waals surface area contributed by atoms with Gasteiger partial charge < -0.3 is 15.7 Å². The Kier molecular flexibility index (Phi) is 6.84. The number of halogens is 1. The lowest BCUT2D eigenvalue weighted by molar-refractivity contribution is -0.121. The maximum atomic E-state index is 11.9. The zero-order valence-electron chi connectivity index (χ0n) is 13.0. The van der Waals surface area contributed by atoms with E-state index in [1.807, 2.05) is 30.3 Å². The Morgan fingerprint density at radius 1 is 1.43 bits per heavy atom. The van der Waals surface area contributed by atoms with Crippen molar-refractivity contribution in [2.75, 3.05) is 19.6 Å². The first kappa shape index (κ1) is 18.2. The topological polar surface area (TPSA) is 61.4 Å². The highest BCUT2D eigenvalue weighted by atomic mass is 35.5.